The Hall–Kier alpha value is -0.300. The zero-order valence-electron chi connectivity index (χ0n) is 13.8. The normalized spacial score (nSPS) is 13.5. The van der Waals surface area contributed by atoms with Crippen LogP contribution in [0.2, 0.25) is 0 Å². The number of hydrogen-bond donors (Lipinski definition) is 0. The minimum atomic E-state index is -0.0552. The molecular weight excluding hydrogens is 232 g/mol. The van der Waals surface area contributed by atoms with E-state index in [1.807, 2.05) is 0 Å². The quantitative estimate of drug-likeness (QED) is 0.288. The van der Waals surface area contributed by atoms with Gasteiger partial charge in [-0.1, -0.05) is 64.9 Å². The third-order valence-electron chi connectivity index (χ3n) is 4.02. The summed E-state index contributed by atoms with van der Waals surface area (Å²) in [5, 5.41) is 0. The summed E-state index contributed by atoms with van der Waals surface area (Å²) < 4.78 is 6.05. The summed E-state index contributed by atoms with van der Waals surface area (Å²) in [6.07, 6.45) is 13.8. The maximum Gasteiger partial charge on any atom is 0.0688 e. The van der Waals surface area contributed by atoms with E-state index in [9.17, 15) is 0 Å². The smallest absolute Gasteiger partial charge is 0.0688 e. The maximum atomic E-state index is 6.05. The van der Waals surface area contributed by atoms with Crippen molar-refractivity contribution in [2.24, 2.45) is 5.92 Å². The molecule has 0 radical (unpaired) electrons. The van der Waals surface area contributed by atoms with Crippen LogP contribution in [0.5, 0.6) is 0 Å². The van der Waals surface area contributed by atoms with Gasteiger partial charge in [0.25, 0.3) is 0 Å². The van der Waals surface area contributed by atoms with Gasteiger partial charge in [0.2, 0.25) is 0 Å². The third kappa shape index (κ3) is 9.27. The minimum absolute atomic E-state index is 0.0552. The van der Waals surface area contributed by atoms with Crippen LogP contribution in [0.4, 0.5) is 0 Å². The SMILES string of the molecule is C=CC(CCCCCCCC)C(C)(C)OCCCC. The molecule has 1 nitrogen and oxygen atoms in total. The highest BCUT2D eigenvalue weighted by atomic mass is 16.5. The average molecular weight is 268 g/mol. The molecular formula is C18H36O. The fraction of sp³-hybridized carbons (Fsp3) is 0.889. The Morgan fingerprint density at radius 2 is 1.53 bits per heavy atom. The lowest BCUT2D eigenvalue weighted by atomic mass is 9.86. The van der Waals surface area contributed by atoms with Crippen LogP contribution in [0.1, 0.15) is 85.5 Å². The van der Waals surface area contributed by atoms with Crippen LogP contribution >= 0.6 is 0 Å². The van der Waals surface area contributed by atoms with E-state index in [2.05, 4.69) is 40.3 Å². The van der Waals surface area contributed by atoms with E-state index in [-0.39, 0.29) is 5.60 Å². The minimum Gasteiger partial charge on any atom is -0.375 e. The predicted molar refractivity (Wildman–Crippen MR) is 86.6 cm³/mol. The largest absolute Gasteiger partial charge is 0.375 e. The standard InChI is InChI=1S/C18H36O/c1-6-9-11-12-13-14-15-17(8-3)18(4,5)19-16-10-7-2/h8,17H,3,6-7,9-16H2,1-2,4-5H3. The lowest BCUT2D eigenvalue weighted by Crippen LogP contribution is -2.33. The van der Waals surface area contributed by atoms with E-state index in [0.717, 1.165) is 13.0 Å². The first kappa shape index (κ1) is 18.7. The molecule has 0 aliphatic rings. The Labute approximate surface area is 121 Å². The molecule has 0 N–H and O–H groups in total. The molecule has 0 rings (SSSR count). The Morgan fingerprint density at radius 1 is 0.947 bits per heavy atom. The summed E-state index contributed by atoms with van der Waals surface area (Å²) in [4.78, 5) is 0. The molecule has 1 unspecified atom stereocenters. The maximum absolute atomic E-state index is 6.05. The lowest BCUT2D eigenvalue weighted by Gasteiger charge is -2.32. The van der Waals surface area contributed by atoms with Gasteiger partial charge in [0.15, 0.2) is 0 Å². The molecule has 0 aromatic heterocycles. The van der Waals surface area contributed by atoms with Crippen molar-refractivity contribution in [3.8, 4) is 0 Å². The van der Waals surface area contributed by atoms with Gasteiger partial charge in [-0.3, -0.25) is 0 Å². The summed E-state index contributed by atoms with van der Waals surface area (Å²) in [5.74, 6) is 0.482. The van der Waals surface area contributed by atoms with Crippen molar-refractivity contribution >= 4 is 0 Å². The van der Waals surface area contributed by atoms with Gasteiger partial charge >= 0.3 is 0 Å². The molecule has 1 heteroatoms. The van der Waals surface area contributed by atoms with Gasteiger partial charge in [-0.2, -0.15) is 0 Å². The Kier molecular flexibility index (Phi) is 11.3. The van der Waals surface area contributed by atoms with Gasteiger partial charge in [-0.05, 0) is 26.7 Å². The summed E-state index contributed by atoms with van der Waals surface area (Å²) in [7, 11) is 0. The number of hydrogen-bond acceptors (Lipinski definition) is 1. The Balaban J connectivity index is 3.87. The van der Waals surface area contributed by atoms with Gasteiger partial charge in [-0.15, -0.1) is 6.58 Å². The molecule has 0 aliphatic carbocycles. The van der Waals surface area contributed by atoms with Crippen LogP contribution in [0, 0.1) is 5.92 Å². The van der Waals surface area contributed by atoms with Crippen molar-refractivity contribution < 1.29 is 4.74 Å². The van der Waals surface area contributed by atoms with Gasteiger partial charge in [0.1, 0.15) is 0 Å². The highest BCUT2D eigenvalue weighted by Gasteiger charge is 2.27. The lowest BCUT2D eigenvalue weighted by molar-refractivity contribution is -0.0504. The summed E-state index contributed by atoms with van der Waals surface area (Å²) in [6.45, 7) is 13.8. The second-order valence-electron chi connectivity index (χ2n) is 6.20. The van der Waals surface area contributed by atoms with Crippen LogP contribution in [0.25, 0.3) is 0 Å². The second-order valence-corrected chi connectivity index (χ2v) is 6.20. The van der Waals surface area contributed by atoms with Crippen molar-refractivity contribution in [1.29, 1.82) is 0 Å². The van der Waals surface area contributed by atoms with Gasteiger partial charge in [0, 0.05) is 12.5 Å². The molecule has 0 saturated heterocycles. The Morgan fingerprint density at radius 3 is 2.11 bits per heavy atom. The topological polar surface area (TPSA) is 9.23 Å². The zero-order valence-corrected chi connectivity index (χ0v) is 13.8. The van der Waals surface area contributed by atoms with E-state index in [1.54, 1.807) is 0 Å². The van der Waals surface area contributed by atoms with Crippen LogP contribution < -0.4 is 0 Å². The van der Waals surface area contributed by atoms with E-state index in [1.165, 1.54) is 51.4 Å². The first-order valence-electron chi connectivity index (χ1n) is 8.35. The Bertz CT molecular complexity index is 208. The monoisotopic (exact) mass is 268 g/mol. The molecule has 0 aromatic carbocycles. The molecule has 0 aliphatic heterocycles. The molecule has 0 spiro atoms. The van der Waals surface area contributed by atoms with E-state index in [4.69, 9.17) is 4.74 Å². The van der Waals surface area contributed by atoms with Gasteiger partial charge < -0.3 is 4.74 Å². The van der Waals surface area contributed by atoms with E-state index < -0.39 is 0 Å². The summed E-state index contributed by atoms with van der Waals surface area (Å²) in [6, 6.07) is 0. The summed E-state index contributed by atoms with van der Waals surface area (Å²) >= 11 is 0. The fourth-order valence-corrected chi connectivity index (χ4v) is 2.48. The number of rotatable bonds is 13. The summed E-state index contributed by atoms with van der Waals surface area (Å²) in [5.41, 5.74) is -0.0552. The van der Waals surface area contributed by atoms with Crippen LogP contribution in [0.15, 0.2) is 12.7 Å². The molecule has 0 fully saturated rings. The van der Waals surface area contributed by atoms with Crippen molar-refractivity contribution in [2.45, 2.75) is 91.1 Å². The van der Waals surface area contributed by atoms with Crippen LogP contribution in [-0.2, 0) is 4.74 Å². The highest BCUT2D eigenvalue weighted by Crippen LogP contribution is 2.28. The molecule has 1 atom stereocenters. The van der Waals surface area contributed by atoms with E-state index >= 15 is 0 Å². The zero-order chi connectivity index (χ0) is 14.6. The van der Waals surface area contributed by atoms with Crippen molar-refractivity contribution in [1.82, 2.24) is 0 Å². The van der Waals surface area contributed by atoms with Crippen molar-refractivity contribution in [2.75, 3.05) is 6.61 Å². The molecule has 114 valence electrons. The predicted octanol–water partition coefficient (Wildman–Crippen LogP) is 6.13. The molecule has 19 heavy (non-hydrogen) atoms. The number of ether oxygens (including phenoxy) is 1. The van der Waals surface area contributed by atoms with Crippen LogP contribution in [0.3, 0.4) is 0 Å². The molecule has 0 heterocycles. The number of unbranched alkanes of at least 4 members (excludes halogenated alkanes) is 6. The van der Waals surface area contributed by atoms with Gasteiger partial charge in [0.05, 0.1) is 5.60 Å². The fourth-order valence-electron chi connectivity index (χ4n) is 2.48. The molecule has 0 amide bonds. The average Bonchev–Trinajstić information content (AvgIpc) is 2.38. The first-order valence-corrected chi connectivity index (χ1v) is 8.35. The molecule has 0 saturated carbocycles. The van der Waals surface area contributed by atoms with Crippen LogP contribution in [-0.4, -0.2) is 12.2 Å². The van der Waals surface area contributed by atoms with Gasteiger partial charge in [-0.25, -0.2) is 0 Å². The van der Waals surface area contributed by atoms with Crippen molar-refractivity contribution in [3.63, 3.8) is 0 Å². The second kappa shape index (κ2) is 11.5. The van der Waals surface area contributed by atoms with Crippen molar-refractivity contribution in [3.05, 3.63) is 12.7 Å². The highest BCUT2D eigenvalue weighted by molar-refractivity contribution is 4.91. The molecule has 0 bridgehead atoms. The molecule has 0 aromatic rings. The first-order chi connectivity index (χ1) is 9.08. The third-order valence-corrected chi connectivity index (χ3v) is 4.02. The van der Waals surface area contributed by atoms with E-state index in [0.29, 0.717) is 5.92 Å².